The zero-order valence-corrected chi connectivity index (χ0v) is 12.0. The summed E-state index contributed by atoms with van der Waals surface area (Å²) in [5, 5.41) is 11.7. The fraction of sp³-hybridized carbons (Fsp3) is 0.846. The van der Waals surface area contributed by atoms with Crippen molar-refractivity contribution in [2.45, 2.75) is 53.1 Å². The van der Waals surface area contributed by atoms with Gasteiger partial charge in [0.05, 0.1) is 11.0 Å². The standard InChI is InChI=1S/C13H25NO4/c1-10(15)14-8-6-13(4,5)18-9-7-12(2,3)11(16)17/h6-9H2,1-5H3,(H,14,15)(H,16,17). The first-order valence-electron chi connectivity index (χ1n) is 6.19. The number of carboxylic acid groups (broad SMARTS) is 1. The minimum absolute atomic E-state index is 0.0576. The Morgan fingerprint density at radius 2 is 1.72 bits per heavy atom. The van der Waals surface area contributed by atoms with E-state index in [4.69, 9.17) is 9.84 Å². The summed E-state index contributed by atoms with van der Waals surface area (Å²) in [5.74, 6) is -0.875. The molecular weight excluding hydrogens is 234 g/mol. The molecule has 5 heteroatoms. The molecule has 0 unspecified atom stereocenters. The highest BCUT2D eigenvalue weighted by molar-refractivity contribution is 5.73. The van der Waals surface area contributed by atoms with Gasteiger partial charge in [-0.25, -0.2) is 0 Å². The average molecular weight is 259 g/mol. The molecular formula is C13H25NO4. The molecule has 5 nitrogen and oxygen atoms in total. The van der Waals surface area contributed by atoms with E-state index < -0.39 is 11.4 Å². The number of carbonyl (C=O) groups excluding carboxylic acids is 1. The third-order valence-electron chi connectivity index (χ3n) is 2.90. The molecule has 0 atom stereocenters. The number of hydrogen-bond acceptors (Lipinski definition) is 3. The molecule has 0 aliphatic rings. The van der Waals surface area contributed by atoms with Crippen molar-refractivity contribution in [1.82, 2.24) is 5.32 Å². The van der Waals surface area contributed by atoms with Crippen molar-refractivity contribution in [3.05, 3.63) is 0 Å². The van der Waals surface area contributed by atoms with Crippen molar-refractivity contribution in [2.24, 2.45) is 5.41 Å². The van der Waals surface area contributed by atoms with Crippen molar-refractivity contribution in [2.75, 3.05) is 13.2 Å². The fourth-order valence-electron chi connectivity index (χ4n) is 1.30. The molecule has 0 aromatic heterocycles. The lowest BCUT2D eigenvalue weighted by atomic mass is 9.90. The number of carboxylic acids is 1. The first-order chi connectivity index (χ1) is 8.07. The van der Waals surface area contributed by atoms with E-state index >= 15 is 0 Å². The molecule has 0 aliphatic heterocycles. The molecule has 0 bridgehead atoms. The summed E-state index contributed by atoms with van der Waals surface area (Å²) in [5.41, 5.74) is -1.13. The van der Waals surface area contributed by atoms with E-state index in [1.165, 1.54) is 6.92 Å². The van der Waals surface area contributed by atoms with Gasteiger partial charge in [0.25, 0.3) is 0 Å². The molecule has 0 radical (unpaired) electrons. The van der Waals surface area contributed by atoms with Crippen molar-refractivity contribution < 1.29 is 19.4 Å². The second kappa shape index (κ2) is 6.73. The molecule has 0 fully saturated rings. The van der Waals surface area contributed by atoms with Gasteiger partial charge in [-0.2, -0.15) is 0 Å². The third-order valence-corrected chi connectivity index (χ3v) is 2.90. The summed E-state index contributed by atoms with van der Waals surface area (Å²) in [6.45, 7) is 9.66. The SMILES string of the molecule is CC(=O)NCCC(C)(C)OCCC(C)(C)C(=O)O. The molecule has 0 saturated heterocycles. The first kappa shape index (κ1) is 16.9. The number of ether oxygens (including phenoxy) is 1. The van der Waals surface area contributed by atoms with Crippen LogP contribution in [-0.2, 0) is 14.3 Å². The van der Waals surface area contributed by atoms with E-state index in [-0.39, 0.29) is 11.5 Å². The Hall–Kier alpha value is -1.10. The Morgan fingerprint density at radius 1 is 1.17 bits per heavy atom. The lowest BCUT2D eigenvalue weighted by Gasteiger charge is -2.27. The van der Waals surface area contributed by atoms with Gasteiger partial charge >= 0.3 is 5.97 Å². The summed E-state index contributed by atoms with van der Waals surface area (Å²) < 4.78 is 5.68. The highest BCUT2D eigenvalue weighted by Crippen LogP contribution is 2.22. The molecule has 1 amide bonds. The van der Waals surface area contributed by atoms with Gasteiger partial charge in [0.2, 0.25) is 5.91 Å². The maximum absolute atomic E-state index is 10.9. The fourth-order valence-corrected chi connectivity index (χ4v) is 1.30. The highest BCUT2D eigenvalue weighted by atomic mass is 16.5. The molecule has 0 aliphatic carbocycles. The van der Waals surface area contributed by atoms with E-state index in [2.05, 4.69) is 5.32 Å². The van der Waals surface area contributed by atoms with Gasteiger partial charge < -0.3 is 15.2 Å². The number of carbonyl (C=O) groups is 2. The molecule has 0 spiro atoms. The maximum atomic E-state index is 10.9. The van der Waals surface area contributed by atoms with Gasteiger partial charge in [-0.3, -0.25) is 9.59 Å². The molecule has 0 aromatic carbocycles. The molecule has 0 saturated carbocycles. The van der Waals surface area contributed by atoms with Crippen LogP contribution in [0.3, 0.4) is 0 Å². The van der Waals surface area contributed by atoms with Crippen LogP contribution in [0.15, 0.2) is 0 Å². The third kappa shape index (κ3) is 7.27. The second-order valence-corrected chi connectivity index (χ2v) is 5.78. The molecule has 0 heterocycles. The molecule has 106 valence electrons. The Morgan fingerprint density at radius 3 is 2.17 bits per heavy atom. The Bertz CT molecular complexity index is 297. The van der Waals surface area contributed by atoms with Crippen LogP contribution >= 0.6 is 0 Å². The lowest BCUT2D eigenvalue weighted by molar-refractivity contribution is -0.149. The quantitative estimate of drug-likeness (QED) is 0.697. The molecule has 0 aromatic rings. The van der Waals surface area contributed by atoms with Crippen LogP contribution in [0.2, 0.25) is 0 Å². The monoisotopic (exact) mass is 259 g/mol. The van der Waals surface area contributed by atoms with Crippen LogP contribution in [0.5, 0.6) is 0 Å². The lowest BCUT2D eigenvalue weighted by Crippen LogP contribution is -2.33. The van der Waals surface area contributed by atoms with E-state index in [9.17, 15) is 9.59 Å². The second-order valence-electron chi connectivity index (χ2n) is 5.78. The zero-order valence-electron chi connectivity index (χ0n) is 12.0. The Kier molecular flexibility index (Phi) is 6.32. The number of hydrogen-bond donors (Lipinski definition) is 2. The van der Waals surface area contributed by atoms with Crippen molar-refractivity contribution in [3.8, 4) is 0 Å². The predicted molar refractivity (Wildman–Crippen MR) is 69.4 cm³/mol. The number of amides is 1. The largest absolute Gasteiger partial charge is 0.481 e. The summed E-state index contributed by atoms with van der Waals surface area (Å²) in [6.07, 6.45) is 1.16. The van der Waals surface area contributed by atoms with E-state index in [1.54, 1.807) is 13.8 Å². The van der Waals surface area contributed by atoms with E-state index in [0.717, 1.165) is 0 Å². The topological polar surface area (TPSA) is 75.6 Å². The smallest absolute Gasteiger partial charge is 0.309 e. The van der Waals surface area contributed by atoms with Gasteiger partial charge in [0, 0.05) is 20.1 Å². The van der Waals surface area contributed by atoms with Crippen molar-refractivity contribution in [3.63, 3.8) is 0 Å². The van der Waals surface area contributed by atoms with Crippen LogP contribution in [0.4, 0.5) is 0 Å². The first-order valence-corrected chi connectivity index (χ1v) is 6.19. The van der Waals surface area contributed by atoms with Gasteiger partial charge in [0.15, 0.2) is 0 Å². The maximum Gasteiger partial charge on any atom is 0.309 e. The van der Waals surface area contributed by atoms with Gasteiger partial charge in [-0.05, 0) is 40.5 Å². The van der Waals surface area contributed by atoms with Gasteiger partial charge in [-0.1, -0.05) is 0 Å². The Labute approximate surface area is 109 Å². The van der Waals surface area contributed by atoms with Crippen LogP contribution in [0, 0.1) is 5.41 Å². The molecule has 2 N–H and O–H groups in total. The van der Waals surface area contributed by atoms with E-state index in [1.807, 2.05) is 13.8 Å². The van der Waals surface area contributed by atoms with Crippen LogP contribution in [-0.4, -0.2) is 35.7 Å². The summed E-state index contributed by atoms with van der Waals surface area (Å²) >= 11 is 0. The van der Waals surface area contributed by atoms with Crippen LogP contribution in [0.1, 0.15) is 47.5 Å². The summed E-state index contributed by atoms with van der Waals surface area (Å²) in [6, 6.07) is 0. The minimum Gasteiger partial charge on any atom is -0.481 e. The average Bonchev–Trinajstić information content (AvgIpc) is 2.15. The van der Waals surface area contributed by atoms with Crippen molar-refractivity contribution >= 4 is 11.9 Å². The zero-order chi connectivity index (χ0) is 14.4. The number of aliphatic carboxylic acids is 1. The van der Waals surface area contributed by atoms with Crippen molar-refractivity contribution in [1.29, 1.82) is 0 Å². The number of nitrogens with one attached hydrogen (secondary N) is 1. The normalized spacial score (nSPS) is 12.3. The van der Waals surface area contributed by atoms with E-state index in [0.29, 0.717) is 26.0 Å². The predicted octanol–water partition coefficient (Wildman–Crippen LogP) is 1.81. The van der Waals surface area contributed by atoms with Gasteiger partial charge in [-0.15, -0.1) is 0 Å². The van der Waals surface area contributed by atoms with Crippen LogP contribution in [0.25, 0.3) is 0 Å². The summed E-state index contributed by atoms with van der Waals surface area (Å²) in [7, 11) is 0. The summed E-state index contributed by atoms with van der Waals surface area (Å²) in [4.78, 5) is 21.7. The Balaban J connectivity index is 3.96. The highest BCUT2D eigenvalue weighted by Gasteiger charge is 2.28. The molecule has 0 rings (SSSR count). The minimum atomic E-state index is -0.817. The number of rotatable bonds is 8. The molecule has 18 heavy (non-hydrogen) atoms. The van der Waals surface area contributed by atoms with Crippen LogP contribution < -0.4 is 5.32 Å². The van der Waals surface area contributed by atoms with Gasteiger partial charge in [0.1, 0.15) is 0 Å².